The van der Waals surface area contributed by atoms with Gasteiger partial charge in [0.2, 0.25) is 17.7 Å². The number of rotatable bonds is 9. The monoisotopic (exact) mass is 535 g/mol. The number of nitrogens with one attached hydrogen (secondary N) is 2. The molecule has 0 radical (unpaired) electrons. The molecular formula is C30H37N3O4S. The zero-order valence-corrected chi connectivity index (χ0v) is 23.1. The molecule has 3 amide bonds. The van der Waals surface area contributed by atoms with E-state index in [0.717, 1.165) is 35.2 Å². The van der Waals surface area contributed by atoms with Crippen LogP contribution in [0.3, 0.4) is 0 Å². The van der Waals surface area contributed by atoms with Gasteiger partial charge in [-0.2, -0.15) is 0 Å². The maximum atomic E-state index is 14.3. The number of hydrogen-bond donors (Lipinski definition) is 3. The highest BCUT2D eigenvalue weighted by molar-refractivity contribution is 8.02. The average molecular weight is 536 g/mol. The second-order valence-electron chi connectivity index (χ2n) is 10.9. The Labute approximate surface area is 228 Å². The van der Waals surface area contributed by atoms with Gasteiger partial charge in [0.15, 0.2) is 0 Å². The fourth-order valence-corrected chi connectivity index (χ4v) is 9.00. The number of benzene rings is 2. The highest BCUT2D eigenvalue weighted by Crippen LogP contribution is 2.66. The number of carbonyl (C=O) groups is 3. The van der Waals surface area contributed by atoms with Crippen LogP contribution in [0.15, 0.2) is 48.5 Å². The predicted molar refractivity (Wildman–Crippen MR) is 150 cm³/mol. The Hall–Kier alpha value is -2.84. The molecule has 3 saturated heterocycles. The normalized spacial score (nSPS) is 28.3. The van der Waals surface area contributed by atoms with Gasteiger partial charge in [0.1, 0.15) is 6.04 Å². The van der Waals surface area contributed by atoms with Crippen LogP contribution >= 0.6 is 11.8 Å². The van der Waals surface area contributed by atoms with Crippen molar-refractivity contribution in [2.75, 3.05) is 18.5 Å². The summed E-state index contributed by atoms with van der Waals surface area (Å²) in [6.07, 6.45) is 2.74. The summed E-state index contributed by atoms with van der Waals surface area (Å²) in [6.45, 7) is 6.21. The molecule has 8 heteroatoms. The molecule has 0 aliphatic carbocycles. The topological polar surface area (TPSA) is 98.7 Å². The van der Waals surface area contributed by atoms with Crippen molar-refractivity contribution in [2.45, 2.75) is 68.5 Å². The van der Waals surface area contributed by atoms with E-state index in [2.05, 4.69) is 10.6 Å². The molecule has 3 heterocycles. The van der Waals surface area contributed by atoms with Crippen LogP contribution in [-0.4, -0.2) is 63.0 Å². The van der Waals surface area contributed by atoms with E-state index < -0.39 is 28.7 Å². The Morgan fingerprint density at radius 2 is 1.82 bits per heavy atom. The quantitative estimate of drug-likeness (QED) is 0.457. The maximum absolute atomic E-state index is 14.3. The highest BCUT2D eigenvalue weighted by Gasteiger charge is 2.74. The molecule has 2 aromatic carbocycles. The molecule has 2 bridgehead atoms. The number of amides is 3. The van der Waals surface area contributed by atoms with Gasteiger partial charge in [0.05, 0.1) is 29.2 Å². The van der Waals surface area contributed by atoms with Gasteiger partial charge in [-0.15, -0.1) is 11.8 Å². The largest absolute Gasteiger partial charge is 0.394 e. The Morgan fingerprint density at radius 3 is 2.47 bits per heavy atom. The molecule has 0 saturated carbocycles. The molecular weight excluding hydrogens is 498 g/mol. The minimum absolute atomic E-state index is 0.0140. The number of nitrogens with zero attached hydrogens (tertiary/aromatic N) is 1. The van der Waals surface area contributed by atoms with E-state index in [1.165, 1.54) is 0 Å². The third-order valence-electron chi connectivity index (χ3n) is 8.49. The van der Waals surface area contributed by atoms with Crippen LogP contribution in [0.1, 0.15) is 42.9 Å². The lowest BCUT2D eigenvalue weighted by Gasteiger charge is -2.37. The van der Waals surface area contributed by atoms with Crippen LogP contribution in [0.4, 0.5) is 5.69 Å². The summed E-state index contributed by atoms with van der Waals surface area (Å²) in [7, 11) is 0. The summed E-state index contributed by atoms with van der Waals surface area (Å²) in [5.41, 5.74) is 3.64. The first-order chi connectivity index (χ1) is 18.3. The van der Waals surface area contributed by atoms with Gasteiger partial charge < -0.3 is 20.6 Å². The molecule has 5 rings (SSSR count). The van der Waals surface area contributed by atoms with E-state index in [1.54, 1.807) is 16.7 Å². The third-order valence-corrected chi connectivity index (χ3v) is 10.4. The van der Waals surface area contributed by atoms with Gasteiger partial charge in [-0.05, 0) is 56.2 Å². The van der Waals surface area contributed by atoms with E-state index in [4.69, 9.17) is 0 Å². The highest BCUT2D eigenvalue weighted by atomic mass is 32.2. The molecule has 0 aromatic heterocycles. The lowest BCUT2D eigenvalue weighted by Crippen LogP contribution is -2.55. The maximum Gasteiger partial charge on any atom is 0.248 e. The Morgan fingerprint density at radius 1 is 1.11 bits per heavy atom. The van der Waals surface area contributed by atoms with E-state index in [0.29, 0.717) is 19.4 Å². The standard InChI is InChI=1S/C30H37N3O4S/c1-4-15-31-27(35)23-22-13-14-30(38-22)24(23)29(37)33(21(17-34)16-20-11-6-5-7-12-20)26(30)28(36)32-25-18(2)9-8-10-19(25)3/h5-12,21-24,26,34H,4,13-17H2,1-3H3,(H,31,35)(H,32,36)/t21-,22+,23-,24+,26?,30?/m1/s1. The summed E-state index contributed by atoms with van der Waals surface area (Å²) in [5, 5.41) is 16.7. The lowest BCUT2D eigenvalue weighted by atomic mass is 9.70. The van der Waals surface area contributed by atoms with Crippen LogP contribution in [0.25, 0.3) is 0 Å². The number of aryl methyl sites for hydroxylation is 2. The second-order valence-corrected chi connectivity index (χ2v) is 12.5. The zero-order chi connectivity index (χ0) is 27.0. The van der Waals surface area contributed by atoms with E-state index in [-0.39, 0.29) is 29.6 Å². The number of aliphatic hydroxyl groups excluding tert-OH is 1. The Bertz CT molecular complexity index is 1200. The van der Waals surface area contributed by atoms with Crippen molar-refractivity contribution in [3.8, 4) is 0 Å². The minimum Gasteiger partial charge on any atom is -0.394 e. The van der Waals surface area contributed by atoms with Crippen LogP contribution < -0.4 is 10.6 Å². The molecule has 3 fully saturated rings. The molecule has 3 N–H and O–H groups in total. The smallest absolute Gasteiger partial charge is 0.248 e. The molecule has 2 aromatic rings. The van der Waals surface area contributed by atoms with Crippen molar-refractivity contribution in [3.05, 3.63) is 65.2 Å². The summed E-state index contributed by atoms with van der Waals surface area (Å²) in [6, 6.07) is 14.2. The van der Waals surface area contributed by atoms with Crippen LogP contribution in [0.5, 0.6) is 0 Å². The number of carbonyl (C=O) groups excluding carboxylic acids is 3. The summed E-state index contributed by atoms with van der Waals surface area (Å²) >= 11 is 1.65. The van der Waals surface area contributed by atoms with Crippen molar-refractivity contribution in [3.63, 3.8) is 0 Å². The van der Waals surface area contributed by atoms with Crippen molar-refractivity contribution >= 4 is 35.2 Å². The number of likely N-dealkylation sites (tertiary alicyclic amines) is 1. The molecule has 3 aliphatic heterocycles. The summed E-state index contributed by atoms with van der Waals surface area (Å²) < 4.78 is -0.694. The number of hydrogen-bond acceptors (Lipinski definition) is 5. The van der Waals surface area contributed by atoms with Gasteiger partial charge in [-0.3, -0.25) is 14.4 Å². The molecule has 1 spiro atoms. The Balaban J connectivity index is 1.55. The van der Waals surface area contributed by atoms with E-state index in [1.807, 2.05) is 69.3 Å². The first-order valence-electron chi connectivity index (χ1n) is 13.6. The third kappa shape index (κ3) is 4.41. The van der Waals surface area contributed by atoms with Gasteiger partial charge in [0.25, 0.3) is 0 Å². The number of aliphatic hydroxyl groups is 1. The SMILES string of the molecule is CCCNC(=O)[C@@H]1[C@@H]2CCC3(S2)C(C(=O)Nc2c(C)cccc2C)N([C@@H](CO)Cc2ccccc2)C(=O)[C@H]13. The van der Waals surface area contributed by atoms with Gasteiger partial charge in [-0.1, -0.05) is 55.5 Å². The van der Waals surface area contributed by atoms with Crippen molar-refractivity contribution < 1.29 is 19.5 Å². The number of para-hydroxylation sites is 1. The van der Waals surface area contributed by atoms with Gasteiger partial charge in [0, 0.05) is 17.5 Å². The summed E-state index contributed by atoms with van der Waals surface area (Å²) in [4.78, 5) is 43.5. The molecule has 2 unspecified atom stereocenters. The number of thioether (sulfide) groups is 1. The predicted octanol–water partition coefficient (Wildman–Crippen LogP) is 3.46. The van der Waals surface area contributed by atoms with Crippen molar-refractivity contribution in [1.82, 2.24) is 10.2 Å². The molecule has 3 aliphatic rings. The minimum atomic E-state index is -0.779. The molecule has 6 atom stereocenters. The zero-order valence-electron chi connectivity index (χ0n) is 22.3. The first kappa shape index (κ1) is 26.8. The number of anilines is 1. The van der Waals surface area contributed by atoms with E-state index in [9.17, 15) is 19.5 Å². The van der Waals surface area contributed by atoms with Crippen molar-refractivity contribution in [2.24, 2.45) is 11.8 Å². The Kier molecular flexibility index (Phi) is 7.56. The second kappa shape index (κ2) is 10.7. The molecule has 38 heavy (non-hydrogen) atoms. The van der Waals surface area contributed by atoms with Crippen molar-refractivity contribution in [1.29, 1.82) is 0 Å². The van der Waals surface area contributed by atoms with E-state index >= 15 is 0 Å². The molecule has 202 valence electrons. The van der Waals surface area contributed by atoms with Crippen LogP contribution in [0.2, 0.25) is 0 Å². The molecule has 7 nitrogen and oxygen atoms in total. The number of fused-ring (bicyclic) bond motifs is 1. The van der Waals surface area contributed by atoms with Crippen LogP contribution in [-0.2, 0) is 20.8 Å². The first-order valence-corrected chi connectivity index (χ1v) is 14.5. The van der Waals surface area contributed by atoms with Gasteiger partial charge in [-0.25, -0.2) is 0 Å². The summed E-state index contributed by atoms with van der Waals surface area (Å²) in [5.74, 6) is -1.57. The fourth-order valence-electron chi connectivity index (χ4n) is 6.79. The average Bonchev–Trinajstić information content (AvgIpc) is 3.56. The van der Waals surface area contributed by atoms with Gasteiger partial charge >= 0.3 is 0 Å². The lowest BCUT2D eigenvalue weighted by molar-refractivity contribution is -0.142. The van der Waals surface area contributed by atoms with Crippen LogP contribution in [0, 0.1) is 25.7 Å². The fraction of sp³-hybridized carbons (Fsp3) is 0.500.